The number of carbonyl (C=O) groups is 1. The van der Waals surface area contributed by atoms with Crippen LogP contribution in [0.3, 0.4) is 0 Å². The molecule has 0 unspecified atom stereocenters. The van der Waals surface area contributed by atoms with Crippen molar-refractivity contribution >= 4 is 5.97 Å². The fourth-order valence-electron chi connectivity index (χ4n) is 3.23. The van der Waals surface area contributed by atoms with Gasteiger partial charge in [-0.3, -0.25) is 0 Å². The van der Waals surface area contributed by atoms with Crippen molar-refractivity contribution in [1.29, 1.82) is 0 Å². The summed E-state index contributed by atoms with van der Waals surface area (Å²) < 4.78 is 7.46. The molecule has 0 bridgehead atoms. The Kier molecular flexibility index (Phi) is 4.55. The average Bonchev–Trinajstić information content (AvgIpc) is 2.37. The molecular formula is C17H30O2Ti. The predicted octanol–water partition coefficient (Wildman–Crippen LogP) is 5.39. The van der Waals surface area contributed by atoms with E-state index in [0.29, 0.717) is 0 Å². The van der Waals surface area contributed by atoms with Crippen LogP contribution in [0.25, 0.3) is 0 Å². The van der Waals surface area contributed by atoms with Crippen molar-refractivity contribution in [3.8, 4) is 0 Å². The van der Waals surface area contributed by atoms with Gasteiger partial charge in [-0.15, -0.1) is 0 Å². The second-order valence-electron chi connectivity index (χ2n) is 8.02. The van der Waals surface area contributed by atoms with Crippen molar-refractivity contribution in [1.82, 2.24) is 0 Å². The van der Waals surface area contributed by atoms with Crippen molar-refractivity contribution in [2.45, 2.75) is 65.8 Å². The normalized spacial score (nSPS) is 19.7. The molecule has 0 aromatic rings. The Morgan fingerprint density at radius 3 is 1.80 bits per heavy atom. The minimum atomic E-state index is -2.81. The Bertz CT molecular complexity index is 500. The Morgan fingerprint density at radius 1 is 1.05 bits per heavy atom. The summed E-state index contributed by atoms with van der Waals surface area (Å²) in [7, 11) is 0. The topological polar surface area (TPSA) is 26.3 Å². The van der Waals surface area contributed by atoms with Gasteiger partial charge in [0.2, 0.25) is 0 Å². The maximum atomic E-state index is 12.3. The van der Waals surface area contributed by atoms with Crippen molar-refractivity contribution in [2.75, 3.05) is 0 Å². The molecule has 0 aliphatic heterocycles. The molecule has 0 heterocycles. The maximum absolute atomic E-state index is 12.3. The molecular weight excluding hydrogens is 284 g/mol. The first-order valence-corrected chi connectivity index (χ1v) is 11.9. The molecule has 0 atom stereocenters. The van der Waals surface area contributed by atoms with Crippen LogP contribution >= 0.6 is 0 Å². The second kappa shape index (κ2) is 5.14. The zero-order valence-corrected chi connectivity index (χ0v) is 16.4. The summed E-state index contributed by atoms with van der Waals surface area (Å²) in [6.07, 6.45) is 0. The van der Waals surface area contributed by atoms with Crippen LogP contribution in [0.1, 0.15) is 55.4 Å². The van der Waals surface area contributed by atoms with E-state index in [0.717, 1.165) is 0 Å². The summed E-state index contributed by atoms with van der Waals surface area (Å²) >= 11 is -2.81. The van der Waals surface area contributed by atoms with Crippen molar-refractivity contribution in [3.05, 3.63) is 20.6 Å². The number of hydrogen-bond acceptors (Lipinski definition) is 2. The summed E-state index contributed by atoms with van der Waals surface area (Å²) in [5, 5.41) is 4.38. The third kappa shape index (κ3) is 2.97. The van der Waals surface area contributed by atoms with Crippen LogP contribution in [0.4, 0.5) is 0 Å². The SMILES string of the molecule is CC1=C(C)C(C)(C)[C]([Ti]([CH3])([CH3])[O]C(=O)C(C)(C)C)=C1C. The van der Waals surface area contributed by atoms with Gasteiger partial charge < -0.3 is 0 Å². The molecule has 0 fully saturated rings. The van der Waals surface area contributed by atoms with Gasteiger partial charge in [0.15, 0.2) is 0 Å². The second-order valence-corrected chi connectivity index (χ2v) is 13.8. The molecule has 0 aromatic heterocycles. The fourth-order valence-corrected chi connectivity index (χ4v) is 8.94. The van der Waals surface area contributed by atoms with Crippen LogP contribution in [-0.2, 0) is 25.1 Å². The number of hydrogen-bond donors (Lipinski definition) is 0. The summed E-state index contributed by atoms with van der Waals surface area (Å²) in [6, 6.07) is 0. The van der Waals surface area contributed by atoms with Gasteiger partial charge in [-0.1, -0.05) is 0 Å². The molecule has 3 heteroatoms. The van der Waals surface area contributed by atoms with Gasteiger partial charge in [0.25, 0.3) is 0 Å². The molecule has 1 rings (SSSR count). The molecule has 0 radical (unpaired) electrons. The van der Waals surface area contributed by atoms with Crippen LogP contribution in [0.15, 0.2) is 20.6 Å². The summed E-state index contributed by atoms with van der Waals surface area (Å²) in [6.45, 7) is 16.8. The summed E-state index contributed by atoms with van der Waals surface area (Å²) in [5.74, 6) is -0.0687. The Morgan fingerprint density at radius 2 is 1.50 bits per heavy atom. The monoisotopic (exact) mass is 314 g/mol. The Labute approximate surface area is 128 Å². The first-order chi connectivity index (χ1) is 8.73. The van der Waals surface area contributed by atoms with E-state index in [1.54, 1.807) is 0 Å². The molecule has 114 valence electrons. The molecule has 0 saturated heterocycles. The van der Waals surface area contributed by atoms with Crippen molar-refractivity contribution in [3.63, 3.8) is 0 Å². The average molecular weight is 314 g/mol. The van der Waals surface area contributed by atoms with E-state index in [1.165, 1.54) is 20.6 Å². The van der Waals surface area contributed by atoms with E-state index < -0.39 is 22.4 Å². The van der Waals surface area contributed by atoms with Crippen LogP contribution in [0.5, 0.6) is 0 Å². The number of allylic oxidation sites excluding steroid dienone is 4. The number of carbonyl (C=O) groups excluding carboxylic acids is 1. The molecule has 1 aliphatic rings. The Balaban J connectivity index is 3.22. The Hall–Kier alpha value is -0.336. The van der Waals surface area contributed by atoms with Gasteiger partial charge >= 0.3 is 128 Å². The van der Waals surface area contributed by atoms with Gasteiger partial charge in [0, 0.05) is 0 Å². The fraction of sp³-hybridized carbons (Fsp3) is 0.706. The first-order valence-electron chi connectivity index (χ1n) is 7.36. The van der Waals surface area contributed by atoms with Crippen LogP contribution in [0.2, 0.25) is 10.5 Å². The molecule has 0 saturated carbocycles. The van der Waals surface area contributed by atoms with Crippen LogP contribution < -0.4 is 0 Å². The predicted molar refractivity (Wildman–Crippen MR) is 82.1 cm³/mol. The molecule has 20 heavy (non-hydrogen) atoms. The van der Waals surface area contributed by atoms with E-state index in [4.69, 9.17) is 3.32 Å². The standard InChI is InChI=1S/C10H15.C5H10O2.2CH3.Ti/c1-7-6-10(4,5)9(3)8(7)2;1-5(2,3)4(6)7;;;/h1-5H3;1-3H3,(H,6,7);2*1H3;/q;;;;+1/p-1. The van der Waals surface area contributed by atoms with Crippen LogP contribution in [0, 0.1) is 10.8 Å². The molecule has 2 nitrogen and oxygen atoms in total. The van der Waals surface area contributed by atoms with E-state index in [2.05, 4.69) is 45.1 Å². The summed E-state index contributed by atoms with van der Waals surface area (Å²) in [5.41, 5.74) is 3.72. The van der Waals surface area contributed by atoms with E-state index >= 15 is 0 Å². The van der Waals surface area contributed by atoms with Gasteiger partial charge in [0.05, 0.1) is 0 Å². The van der Waals surface area contributed by atoms with Gasteiger partial charge in [-0.25, -0.2) is 0 Å². The third-order valence-corrected chi connectivity index (χ3v) is 9.15. The van der Waals surface area contributed by atoms with Gasteiger partial charge in [-0.05, 0) is 0 Å². The first kappa shape index (κ1) is 17.7. The third-order valence-electron chi connectivity index (χ3n) is 4.62. The zero-order chi connectivity index (χ0) is 16.1. The number of rotatable bonds is 2. The molecule has 1 aliphatic carbocycles. The zero-order valence-electron chi connectivity index (χ0n) is 14.8. The molecule has 0 spiro atoms. The van der Waals surface area contributed by atoms with Gasteiger partial charge in [-0.2, -0.15) is 0 Å². The minimum absolute atomic E-state index is 0.0236. The van der Waals surface area contributed by atoms with E-state index in [1.807, 2.05) is 20.8 Å². The summed E-state index contributed by atoms with van der Waals surface area (Å²) in [4.78, 5) is 12.3. The van der Waals surface area contributed by atoms with E-state index in [9.17, 15) is 4.79 Å². The van der Waals surface area contributed by atoms with Gasteiger partial charge in [0.1, 0.15) is 0 Å². The van der Waals surface area contributed by atoms with Crippen molar-refractivity contribution in [2.24, 2.45) is 10.8 Å². The van der Waals surface area contributed by atoms with E-state index in [-0.39, 0.29) is 11.4 Å². The van der Waals surface area contributed by atoms with Crippen molar-refractivity contribution < 1.29 is 25.1 Å². The quantitative estimate of drug-likeness (QED) is 0.639. The molecule has 0 aromatic carbocycles. The molecule has 0 amide bonds. The molecule has 0 N–H and O–H groups in total. The van der Waals surface area contributed by atoms with Crippen LogP contribution in [-0.4, -0.2) is 5.97 Å².